The second kappa shape index (κ2) is 9.68. The number of benzene rings is 2. The fraction of sp³-hybridized carbons (Fsp3) is 0.0769. The van der Waals surface area contributed by atoms with Crippen LogP contribution in [0.4, 0.5) is 5.82 Å². The van der Waals surface area contributed by atoms with Gasteiger partial charge in [0, 0.05) is 29.7 Å². The van der Waals surface area contributed by atoms with Gasteiger partial charge in [0.1, 0.15) is 16.5 Å². The first-order valence-corrected chi connectivity index (χ1v) is 12.5. The average Bonchev–Trinajstić information content (AvgIpc) is 2.91. The zero-order valence-corrected chi connectivity index (χ0v) is 20.1. The van der Waals surface area contributed by atoms with Crippen molar-refractivity contribution in [3.05, 3.63) is 91.0 Å². The highest BCUT2D eigenvalue weighted by Crippen LogP contribution is 2.38. The number of anilines is 1. The topological polar surface area (TPSA) is 133 Å². The number of rotatable bonds is 7. The van der Waals surface area contributed by atoms with Crippen LogP contribution >= 0.6 is 0 Å². The van der Waals surface area contributed by atoms with Gasteiger partial charge in [-0.3, -0.25) is 9.97 Å². The largest absolute Gasteiger partial charge is 0.496 e. The zero-order valence-electron chi connectivity index (χ0n) is 19.3. The Morgan fingerprint density at radius 2 is 1.75 bits per heavy atom. The highest BCUT2D eigenvalue weighted by Gasteiger charge is 2.18. The molecule has 5 rings (SSSR count). The Hall–Kier alpha value is -4.41. The number of hydrogen-bond donors (Lipinski definition) is 2. The van der Waals surface area contributed by atoms with Crippen molar-refractivity contribution in [2.24, 2.45) is 5.14 Å². The molecule has 3 aromatic heterocycles. The minimum Gasteiger partial charge on any atom is -0.496 e. The summed E-state index contributed by atoms with van der Waals surface area (Å²) in [4.78, 5) is 17.8. The van der Waals surface area contributed by atoms with Crippen molar-refractivity contribution in [3.8, 4) is 28.3 Å². The summed E-state index contributed by atoms with van der Waals surface area (Å²) in [5, 5.41) is 9.49. The highest BCUT2D eigenvalue weighted by atomic mass is 32.2. The quantitative estimate of drug-likeness (QED) is 0.344. The lowest BCUT2D eigenvalue weighted by atomic mass is 9.99. The first-order valence-electron chi connectivity index (χ1n) is 11.0. The lowest BCUT2D eigenvalue weighted by Crippen LogP contribution is -2.12. The van der Waals surface area contributed by atoms with Gasteiger partial charge in [-0.25, -0.2) is 23.5 Å². The lowest BCUT2D eigenvalue weighted by molar-refractivity contribution is 0.416. The number of nitrogens with one attached hydrogen (secondary N) is 1. The van der Waals surface area contributed by atoms with Gasteiger partial charge in [-0.2, -0.15) is 0 Å². The Bertz CT molecular complexity index is 1660. The third-order valence-electron chi connectivity index (χ3n) is 5.58. The molecule has 9 nitrogen and oxygen atoms in total. The van der Waals surface area contributed by atoms with Gasteiger partial charge in [-0.15, -0.1) is 0 Å². The summed E-state index contributed by atoms with van der Waals surface area (Å²) in [5.41, 5.74) is 3.69. The standard InChI is InChI=1S/C26H22N6O3S/c1-35-23-11-3-2-8-20(23)21-9-6-10-22-24(21)26(30-15-18-7-4-5-12-29-18)32-25(31-22)17-13-19(16-28-14-17)36(27,33)34/h2-14,16H,15H2,1H3,(H2,27,33,34)(H,30,31,32). The van der Waals surface area contributed by atoms with Crippen LogP contribution in [0.3, 0.4) is 0 Å². The van der Waals surface area contributed by atoms with Crippen LogP contribution in [0.5, 0.6) is 5.75 Å². The molecule has 180 valence electrons. The third kappa shape index (κ3) is 4.72. The Labute approximate surface area is 208 Å². The van der Waals surface area contributed by atoms with Crippen molar-refractivity contribution in [2.75, 3.05) is 12.4 Å². The molecular formula is C26H22N6O3S. The molecule has 10 heteroatoms. The molecule has 0 unspecified atom stereocenters. The molecule has 0 fully saturated rings. The monoisotopic (exact) mass is 498 g/mol. The van der Waals surface area contributed by atoms with Crippen LogP contribution in [0.1, 0.15) is 5.69 Å². The summed E-state index contributed by atoms with van der Waals surface area (Å²) < 4.78 is 29.4. The number of para-hydroxylation sites is 1. The lowest BCUT2D eigenvalue weighted by Gasteiger charge is -2.16. The van der Waals surface area contributed by atoms with E-state index in [2.05, 4.69) is 15.3 Å². The Morgan fingerprint density at radius 1 is 0.944 bits per heavy atom. The number of aromatic nitrogens is 4. The normalized spacial score (nSPS) is 11.4. The van der Waals surface area contributed by atoms with Gasteiger partial charge in [0.15, 0.2) is 5.82 Å². The molecule has 2 aromatic carbocycles. The van der Waals surface area contributed by atoms with Crippen LogP contribution in [0.15, 0.2) is 90.2 Å². The van der Waals surface area contributed by atoms with E-state index in [-0.39, 0.29) is 4.90 Å². The Balaban J connectivity index is 1.72. The molecular weight excluding hydrogens is 476 g/mol. The number of sulfonamides is 1. The second-order valence-corrected chi connectivity index (χ2v) is 9.49. The van der Waals surface area contributed by atoms with Crippen LogP contribution in [-0.4, -0.2) is 35.5 Å². The number of nitrogens with zero attached hydrogens (tertiary/aromatic N) is 4. The van der Waals surface area contributed by atoms with E-state index in [1.165, 1.54) is 18.5 Å². The van der Waals surface area contributed by atoms with E-state index < -0.39 is 10.0 Å². The molecule has 0 aliphatic rings. The van der Waals surface area contributed by atoms with Gasteiger partial charge >= 0.3 is 0 Å². The summed E-state index contributed by atoms with van der Waals surface area (Å²) >= 11 is 0. The number of pyridine rings is 2. The van der Waals surface area contributed by atoms with Gasteiger partial charge in [0.05, 0.1) is 30.3 Å². The smallest absolute Gasteiger partial charge is 0.239 e. The van der Waals surface area contributed by atoms with E-state index in [0.29, 0.717) is 29.3 Å². The maximum atomic E-state index is 11.9. The molecule has 0 aliphatic carbocycles. The summed E-state index contributed by atoms with van der Waals surface area (Å²) in [7, 11) is -2.31. The summed E-state index contributed by atoms with van der Waals surface area (Å²) in [6.45, 7) is 0.419. The van der Waals surface area contributed by atoms with E-state index in [1.807, 2.05) is 60.7 Å². The van der Waals surface area contributed by atoms with E-state index >= 15 is 0 Å². The van der Waals surface area contributed by atoms with E-state index in [0.717, 1.165) is 28.0 Å². The van der Waals surface area contributed by atoms with E-state index in [9.17, 15) is 8.42 Å². The van der Waals surface area contributed by atoms with Crippen molar-refractivity contribution in [1.29, 1.82) is 0 Å². The van der Waals surface area contributed by atoms with Crippen LogP contribution in [-0.2, 0) is 16.6 Å². The van der Waals surface area contributed by atoms with Crippen LogP contribution in [0.2, 0.25) is 0 Å². The van der Waals surface area contributed by atoms with E-state index in [1.54, 1.807) is 13.3 Å². The van der Waals surface area contributed by atoms with Crippen LogP contribution in [0.25, 0.3) is 33.4 Å². The SMILES string of the molecule is COc1ccccc1-c1cccc2nc(-c3cncc(S(N)(=O)=O)c3)nc(NCc3ccccn3)c12. The Kier molecular flexibility index (Phi) is 6.28. The number of ether oxygens (including phenoxy) is 1. The molecule has 0 atom stereocenters. The molecule has 0 bridgehead atoms. The van der Waals surface area contributed by atoms with Crippen LogP contribution in [0, 0.1) is 0 Å². The molecule has 0 aliphatic heterocycles. The predicted octanol–water partition coefficient (Wildman–Crippen LogP) is 4.02. The third-order valence-corrected chi connectivity index (χ3v) is 6.46. The van der Waals surface area contributed by atoms with Crippen molar-refractivity contribution >= 4 is 26.7 Å². The summed E-state index contributed by atoms with van der Waals surface area (Å²) in [6.07, 6.45) is 4.42. The fourth-order valence-electron chi connectivity index (χ4n) is 3.91. The van der Waals surface area contributed by atoms with Crippen molar-refractivity contribution in [1.82, 2.24) is 19.9 Å². The molecule has 0 saturated heterocycles. The minimum atomic E-state index is -3.94. The van der Waals surface area contributed by atoms with Gasteiger partial charge in [0.2, 0.25) is 10.0 Å². The minimum absolute atomic E-state index is 0.116. The van der Waals surface area contributed by atoms with E-state index in [4.69, 9.17) is 19.8 Å². The zero-order chi connectivity index (χ0) is 25.1. The molecule has 3 heterocycles. The van der Waals surface area contributed by atoms with Gasteiger partial charge < -0.3 is 10.1 Å². The molecule has 0 spiro atoms. The van der Waals surface area contributed by atoms with Crippen molar-refractivity contribution in [3.63, 3.8) is 0 Å². The fourth-order valence-corrected chi connectivity index (χ4v) is 4.40. The van der Waals surface area contributed by atoms with Crippen molar-refractivity contribution in [2.45, 2.75) is 11.4 Å². The van der Waals surface area contributed by atoms with Crippen molar-refractivity contribution < 1.29 is 13.2 Å². The molecule has 0 saturated carbocycles. The maximum Gasteiger partial charge on any atom is 0.239 e. The van der Waals surface area contributed by atoms with Gasteiger partial charge in [-0.1, -0.05) is 36.4 Å². The number of fused-ring (bicyclic) bond motifs is 1. The van der Waals surface area contributed by atoms with Gasteiger partial charge in [-0.05, 0) is 35.9 Å². The first kappa shape index (κ1) is 23.3. The number of hydrogen-bond acceptors (Lipinski definition) is 8. The predicted molar refractivity (Wildman–Crippen MR) is 138 cm³/mol. The molecule has 36 heavy (non-hydrogen) atoms. The Morgan fingerprint density at radius 3 is 2.53 bits per heavy atom. The second-order valence-electron chi connectivity index (χ2n) is 7.92. The summed E-state index contributed by atoms with van der Waals surface area (Å²) in [6, 6.07) is 20.6. The van der Waals surface area contributed by atoms with Gasteiger partial charge in [0.25, 0.3) is 0 Å². The number of nitrogens with two attached hydrogens (primary N) is 1. The number of methoxy groups -OCH3 is 1. The number of primary sulfonamides is 1. The maximum absolute atomic E-state index is 11.9. The first-order chi connectivity index (χ1) is 17.4. The highest BCUT2D eigenvalue weighted by molar-refractivity contribution is 7.89. The van der Waals surface area contributed by atoms with Crippen LogP contribution < -0.4 is 15.2 Å². The summed E-state index contributed by atoms with van der Waals surface area (Å²) in [5.74, 6) is 1.58. The average molecular weight is 499 g/mol. The molecule has 5 aromatic rings. The molecule has 0 amide bonds. The molecule has 0 radical (unpaired) electrons. The molecule has 3 N–H and O–H groups in total.